The largest absolute Gasteiger partial charge is 0.479 e. The Morgan fingerprint density at radius 1 is 1.39 bits per heavy atom. The van der Waals surface area contributed by atoms with Gasteiger partial charge in [-0.15, -0.1) is 11.3 Å². The van der Waals surface area contributed by atoms with E-state index >= 15 is 0 Å². The second-order valence-corrected chi connectivity index (χ2v) is 10.6. The van der Waals surface area contributed by atoms with Crippen LogP contribution in [0.1, 0.15) is 45.4 Å². The second kappa shape index (κ2) is 10.4. The van der Waals surface area contributed by atoms with Gasteiger partial charge in [-0.1, -0.05) is 27.7 Å². The zero-order chi connectivity index (χ0) is 24.2. The van der Waals surface area contributed by atoms with Crippen LogP contribution in [0.15, 0.2) is 24.5 Å². The van der Waals surface area contributed by atoms with Crippen molar-refractivity contribution < 1.29 is 28.2 Å². The predicted molar refractivity (Wildman–Crippen MR) is 121 cm³/mol. The summed E-state index contributed by atoms with van der Waals surface area (Å²) in [7, 11) is 0. The highest BCUT2D eigenvalue weighted by molar-refractivity contribution is 7.15. The van der Waals surface area contributed by atoms with Crippen molar-refractivity contribution in [3.63, 3.8) is 0 Å². The van der Waals surface area contributed by atoms with Crippen molar-refractivity contribution in [1.82, 2.24) is 14.9 Å². The number of pyridine rings is 1. The molecule has 33 heavy (non-hydrogen) atoms. The Labute approximate surface area is 196 Å². The molecule has 0 amide bonds. The van der Waals surface area contributed by atoms with Gasteiger partial charge in [0.05, 0.1) is 5.56 Å². The molecule has 2 aromatic heterocycles. The number of carboxylic acid groups (broad SMARTS) is 1. The Balaban J connectivity index is 1.84. The number of hydrogen-bond acceptors (Lipinski definition) is 7. The highest BCUT2D eigenvalue weighted by atomic mass is 32.1. The summed E-state index contributed by atoms with van der Waals surface area (Å²) in [5.74, 6) is -0.989. The number of aromatic nitrogens is 2. The fourth-order valence-electron chi connectivity index (χ4n) is 4.04. The van der Waals surface area contributed by atoms with Crippen LogP contribution in [-0.2, 0) is 16.1 Å². The molecule has 0 unspecified atom stereocenters. The Bertz CT molecular complexity index is 950. The third-order valence-electron chi connectivity index (χ3n) is 5.87. The molecule has 0 saturated carbocycles. The van der Waals surface area contributed by atoms with Crippen LogP contribution in [0.25, 0.3) is 10.6 Å². The number of carboxylic acids is 1. The van der Waals surface area contributed by atoms with Crippen molar-refractivity contribution in [3.05, 3.63) is 29.4 Å². The monoisotopic (exact) mass is 483 g/mol. The Morgan fingerprint density at radius 2 is 2.15 bits per heavy atom. The zero-order valence-corrected chi connectivity index (χ0v) is 20.2. The minimum absolute atomic E-state index is 0.0922. The minimum atomic E-state index is -2.98. The lowest BCUT2D eigenvalue weighted by Crippen LogP contribution is -2.59. The lowest BCUT2D eigenvalue weighted by molar-refractivity contribution is -0.181. The number of carbonyl (C=O) groups is 1. The van der Waals surface area contributed by atoms with Gasteiger partial charge in [0.2, 0.25) is 5.88 Å². The van der Waals surface area contributed by atoms with Gasteiger partial charge in [0.25, 0.3) is 0 Å². The molecule has 1 aliphatic heterocycles. The van der Waals surface area contributed by atoms with E-state index in [4.69, 9.17) is 4.74 Å². The zero-order valence-electron chi connectivity index (χ0n) is 19.4. The maximum Gasteiger partial charge on any atom is 0.388 e. The van der Waals surface area contributed by atoms with Crippen molar-refractivity contribution in [2.24, 2.45) is 11.3 Å². The van der Waals surface area contributed by atoms with Gasteiger partial charge in [0.1, 0.15) is 5.01 Å². The third kappa shape index (κ3) is 6.24. The van der Waals surface area contributed by atoms with Gasteiger partial charge in [-0.25, -0.2) is 14.8 Å². The van der Waals surface area contributed by atoms with E-state index in [0.29, 0.717) is 30.1 Å². The van der Waals surface area contributed by atoms with Gasteiger partial charge >= 0.3 is 12.6 Å². The summed E-state index contributed by atoms with van der Waals surface area (Å²) < 4.78 is 36.0. The first kappa shape index (κ1) is 25.5. The number of likely N-dealkylation sites (tertiary alicyclic amines) is 1. The standard InChI is InChI=1S/C23H31F2N3O4S/c1-5-9-31-23(20(29)30)10-15(22(2,3)4)12-28(14-23)13-16-11-27-19(33-16)17-7-6-8-26-18(17)32-21(24)25/h6-8,11,15,21H,5,9-10,12-14H2,1-4H3,(H,29,30)/t15-,23+/m1/s1. The van der Waals surface area contributed by atoms with Gasteiger partial charge in [-0.2, -0.15) is 8.78 Å². The Kier molecular flexibility index (Phi) is 8.02. The summed E-state index contributed by atoms with van der Waals surface area (Å²) in [4.78, 5) is 23.6. The quantitative estimate of drug-likeness (QED) is 0.542. The number of alkyl halides is 2. The van der Waals surface area contributed by atoms with E-state index in [1.54, 1.807) is 18.3 Å². The molecule has 10 heteroatoms. The first-order valence-electron chi connectivity index (χ1n) is 11.0. The van der Waals surface area contributed by atoms with Crippen LogP contribution in [-0.4, -0.2) is 57.9 Å². The Morgan fingerprint density at radius 3 is 2.79 bits per heavy atom. The van der Waals surface area contributed by atoms with Crippen LogP contribution in [0.3, 0.4) is 0 Å². The second-order valence-electron chi connectivity index (χ2n) is 9.45. The highest BCUT2D eigenvalue weighted by Crippen LogP contribution is 2.40. The molecule has 182 valence electrons. The predicted octanol–water partition coefficient (Wildman–Crippen LogP) is 4.92. The van der Waals surface area contributed by atoms with Crippen LogP contribution < -0.4 is 4.74 Å². The van der Waals surface area contributed by atoms with Gasteiger partial charge in [-0.05, 0) is 36.3 Å². The number of rotatable bonds is 9. The number of nitrogens with zero attached hydrogens (tertiary/aromatic N) is 3. The van der Waals surface area contributed by atoms with E-state index in [1.165, 1.54) is 17.5 Å². The van der Waals surface area contributed by atoms with Crippen LogP contribution in [0.2, 0.25) is 0 Å². The summed E-state index contributed by atoms with van der Waals surface area (Å²) in [6.45, 7) is 7.20. The van der Waals surface area contributed by atoms with Gasteiger partial charge in [0.15, 0.2) is 5.60 Å². The summed E-state index contributed by atoms with van der Waals surface area (Å²) in [5, 5.41) is 10.6. The van der Waals surface area contributed by atoms with Crippen molar-refractivity contribution in [2.45, 2.75) is 59.3 Å². The average Bonchev–Trinajstić information content (AvgIpc) is 3.19. The SMILES string of the molecule is CCCO[C@@]1(C(=O)O)C[C@@H](C(C)(C)C)CN(Cc2cnc(-c3cccnc3OC(F)F)s2)C1. The molecule has 1 aliphatic rings. The molecule has 0 aliphatic carbocycles. The van der Waals surface area contributed by atoms with Crippen LogP contribution >= 0.6 is 11.3 Å². The fourth-order valence-corrected chi connectivity index (χ4v) is 5.01. The van der Waals surface area contributed by atoms with E-state index in [9.17, 15) is 18.7 Å². The molecule has 1 fully saturated rings. The third-order valence-corrected chi connectivity index (χ3v) is 6.88. The number of hydrogen-bond donors (Lipinski definition) is 1. The topological polar surface area (TPSA) is 84.8 Å². The molecule has 7 nitrogen and oxygen atoms in total. The molecular weight excluding hydrogens is 452 g/mol. The van der Waals surface area contributed by atoms with Crippen molar-refractivity contribution in [1.29, 1.82) is 0 Å². The van der Waals surface area contributed by atoms with Crippen molar-refractivity contribution >= 4 is 17.3 Å². The summed E-state index contributed by atoms with van der Waals surface area (Å²) in [5.41, 5.74) is -0.960. The number of aliphatic carboxylic acids is 1. The number of piperidine rings is 1. The van der Waals surface area contributed by atoms with E-state index in [-0.39, 0.29) is 23.8 Å². The summed E-state index contributed by atoms with van der Waals surface area (Å²) in [6, 6.07) is 3.28. The number of ether oxygens (including phenoxy) is 2. The lowest BCUT2D eigenvalue weighted by Gasteiger charge is -2.47. The van der Waals surface area contributed by atoms with E-state index in [1.807, 2.05) is 6.92 Å². The smallest absolute Gasteiger partial charge is 0.388 e. The molecule has 0 aromatic carbocycles. The maximum absolute atomic E-state index is 12.7. The normalized spacial score (nSPS) is 22.0. The molecule has 2 atom stereocenters. The maximum atomic E-state index is 12.7. The molecule has 0 radical (unpaired) electrons. The first-order chi connectivity index (χ1) is 15.5. The van der Waals surface area contributed by atoms with Gasteiger partial charge in [-0.3, -0.25) is 4.90 Å². The average molecular weight is 484 g/mol. The molecule has 1 N–H and O–H groups in total. The first-order valence-corrected chi connectivity index (χ1v) is 11.8. The molecule has 0 bridgehead atoms. The number of thiazole rings is 1. The van der Waals surface area contributed by atoms with Gasteiger partial charge in [0, 0.05) is 43.5 Å². The molecule has 2 aromatic rings. The molecule has 3 heterocycles. The number of halogens is 2. The van der Waals surface area contributed by atoms with Crippen LogP contribution in [0, 0.1) is 11.3 Å². The van der Waals surface area contributed by atoms with E-state index < -0.39 is 18.2 Å². The van der Waals surface area contributed by atoms with Crippen LogP contribution in [0.5, 0.6) is 5.88 Å². The lowest BCUT2D eigenvalue weighted by atomic mass is 9.71. The van der Waals surface area contributed by atoms with E-state index in [0.717, 1.165) is 17.8 Å². The molecule has 3 rings (SSSR count). The van der Waals surface area contributed by atoms with Crippen molar-refractivity contribution in [3.8, 4) is 16.5 Å². The summed E-state index contributed by atoms with van der Waals surface area (Å²) >= 11 is 1.35. The Hall–Kier alpha value is -2.17. The summed E-state index contributed by atoms with van der Waals surface area (Å²) in [6.07, 6.45) is 4.27. The molecule has 0 spiro atoms. The fraction of sp³-hybridized carbons (Fsp3) is 0.609. The molecular formula is C23H31F2N3O4S. The van der Waals surface area contributed by atoms with Gasteiger partial charge < -0.3 is 14.6 Å². The van der Waals surface area contributed by atoms with Crippen LogP contribution in [0.4, 0.5) is 8.78 Å². The van der Waals surface area contributed by atoms with Crippen molar-refractivity contribution in [2.75, 3.05) is 19.7 Å². The molecule has 1 saturated heterocycles. The van der Waals surface area contributed by atoms with E-state index in [2.05, 4.69) is 40.4 Å². The highest BCUT2D eigenvalue weighted by Gasteiger charge is 2.49. The minimum Gasteiger partial charge on any atom is -0.479 e.